The Hall–Kier alpha value is -3.67. The van der Waals surface area contributed by atoms with Crippen molar-refractivity contribution in [1.29, 1.82) is 0 Å². The SMILES string of the molecule is CC/C=C\C/C=C\C/C=C\C/C=C\CCCCCCCCCCCCC(=O)OCC(COC(=O)CCCCCCC/C=C\C/C=C\CCCC)OC(=O)CCCCCCCCCCC/C=C\C/C=C\CCCCCCC. The van der Waals surface area contributed by atoms with Gasteiger partial charge in [-0.05, 0) is 116 Å². The molecule has 0 aliphatic carbocycles. The topological polar surface area (TPSA) is 78.9 Å². The van der Waals surface area contributed by atoms with Crippen LogP contribution in [0.2, 0.25) is 0 Å². The first-order valence-corrected chi connectivity index (χ1v) is 32.2. The number of carbonyl (C=O) groups excluding carboxylic acids is 3. The maximum absolute atomic E-state index is 12.9. The number of ether oxygens (including phenoxy) is 3. The van der Waals surface area contributed by atoms with Gasteiger partial charge in [-0.25, -0.2) is 0 Å². The molecule has 0 aromatic carbocycles. The minimum absolute atomic E-state index is 0.0855. The van der Waals surface area contributed by atoms with Crippen molar-refractivity contribution in [1.82, 2.24) is 0 Å². The zero-order valence-corrected chi connectivity index (χ0v) is 50.0. The lowest BCUT2D eigenvalue weighted by molar-refractivity contribution is -0.167. The van der Waals surface area contributed by atoms with Gasteiger partial charge in [0.25, 0.3) is 0 Å². The molecule has 0 saturated heterocycles. The molecule has 6 heteroatoms. The monoisotopic (exact) mass is 1060 g/mol. The third-order valence-electron chi connectivity index (χ3n) is 13.8. The second kappa shape index (κ2) is 63.9. The molecule has 0 bridgehead atoms. The lowest BCUT2D eigenvalue weighted by Crippen LogP contribution is -2.30. The predicted molar refractivity (Wildman–Crippen MR) is 330 cm³/mol. The number of hydrogen-bond acceptors (Lipinski definition) is 6. The van der Waals surface area contributed by atoms with Crippen LogP contribution in [0.15, 0.2) is 97.2 Å². The van der Waals surface area contributed by atoms with Gasteiger partial charge >= 0.3 is 17.9 Å². The fraction of sp³-hybridized carbons (Fsp3) is 0.729. The third-order valence-corrected chi connectivity index (χ3v) is 13.8. The Morgan fingerprint density at radius 2 is 0.526 bits per heavy atom. The summed E-state index contributed by atoms with van der Waals surface area (Å²) in [6, 6.07) is 0. The van der Waals surface area contributed by atoms with Crippen molar-refractivity contribution < 1.29 is 28.6 Å². The number of carbonyl (C=O) groups is 3. The molecule has 0 heterocycles. The first-order valence-electron chi connectivity index (χ1n) is 32.2. The number of esters is 3. The smallest absolute Gasteiger partial charge is 0.306 e. The van der Waals surface area contributed by atoms with Crippen LogP contribution in [0.5, 0.6) is 0 Å². The van der Waals surface area contributed by atoms with Crippen LogP contribution in [-0.2, 0) is 28.6 Å². The van der Waals surface area contributed by atoms with Gasteiger partial charge < -0.3 is 14.2 Å². The van der Waals surface area contributed by atoms with E-state index in [4.69, 9.17) is 14.2 Å². The summed E-state index contributed by atoms with van der Waals surface area (Å²) in [5.41, 5.74) is 0. The van der Waals surface area contributed by atoms with E-state index in [2.05, 4.69) is 118 Å². The predicted octanol–water partition coefficient (Wildman–Crippen LogP) is 22.0. The van der Waals surface area contributed by atoms with E-state index in [0.29, 0.717) is 19.3 Å². The van der Waals surface area contributed by atoms with Crippen LogP contribution >= 0.6 is 0 Å². The van der Waals surface area contributed by atoms with Crippen LogP contribution in [-0.4, -0.2) is 37.2 Å². The second-order valence-electron chi connectivity index (χ2n) is 21.3. The average Bonchev–Trinajstić information content (AvgIpc) is 3.42. The lowest BCUT2D eigenvalue weighted by Gasteiger charge is -2.18. The summed E-state index contributed by atoms with van der Waals surface area (Å²) in [4.78, 5) is 38.3. The summed E-state index contributed by atoms with van der Waals surface area (Å²) in [5, 5.41) is 0. The van der Waals surface area contributed by atoms with Crippen molar-refractivity contribution in [2.24, 2.45) is 0 Å². The van der Waals surface area contributed by atoms with E-state index in [1.165, 1.54) is 154 Å². The van der Waals surface area contributed by atoms with Gasteiger partial charge in [-0.15, -0.1) is 0 Å². The van der Waals surface area contributed by atoms with Gasteiger partial charge in [0.15, 0.2) is 6.10 Å². The van der Waals surface area contributed by atoms with Crippen LogP contribution in [0.3, 0.4) is 0 Å². The summed E-state index contributed by atoms with van der Waals surface area (Å²) in [6.45, 7) is 6.48. The minimum Gasteiger partial charge on any atom is -0.462 e. The molecule has 0 saturated carbocycles. The Bertz CT molecular complexity index is 1490. The van der Waals surface area contributed by atoms with Crippen molar-refractivity contribution in [2.75, 3.05) is 13.2 Å². The quantitative estimate of drug-likeness (QED) is 0.0261. The van der Waals surface area contributed by atoms with Gasteiger partial charge in [0.05, 0.1) is 0 Å². The van der Waals surface area contributed by atoms with Crippen LogP contribution in [0.25, 0.3) is 0 Å². The summed E-state index contributed by atoms with van der Waals surface area (Å²) in [5.74, 6) is -0.898. The molecule has 0 amide bonds. The number of unbranched alkanes of at least 4 members (excludes halogenated alkanes) is 31. The van der Waals surface area contributed by atoms with Gasteiger partial charge in [0.2, 0.25) is 0 Å². The fourth-order valence-corrected chi connectivity index (χ4v) is 8.95. The van der Waals surface area contributed by atoms with E-state index in [0.717, 1.165) is 116 Å². The molecule has 76 heavy (non-hydrogen) atoms. The first-order chi connectivity index (χ1) is 37.5. The molecular formula is C70H120O6. The molecule has 0 aliphatic rings. The Kier molecular flexibility index (Phi) is 60.8. The second-order valence-corrected chi connectivity index (χ2v) is 21.3. The molecule has 0 N–H and O–H groups in total. The van der Waals surface area contributed by atoms with E-state index in [9.17, 15) is 14.4 Å². The molecule has 0 spiro atoms. The maximum Gasteiger partial charge on any atom is 0.306 e. The molecule has 1 unspecified atom stereocenters. The Morgan fingerprint density at radius 1 is 0.276 bits per heavy atom. The highest BCUT2D eigenvalue weighted by atomic mass is 16.6. The van der Waals surface area contributed by atoms with E-state index in [1.54, 1.807) is 0 Å². The van der Waals surface area contributed by atoms with E-state index in [-0.39, 0.29) is 31.1 Å². The highest BCUT2D eigenvalue weighted by Gasteiger charge is 2.19. The third kappa shape index (κ3) is 61.2. The first kappa shape index (κ1) is 72.3. The van der Waals surface area contributed by atoms with Gasteiger partial charge in [-0.3, -0.25) is 14.4 Å². The van der Waals surface area contributed by atoms with Crippen LogP contribution in [0.4, 0.5) is 0 Å². The normalized spacial score (nSPS) is 12.7. The van der Waals surface area contributed by atoms with Crippen LogP contribution < -0.4 is 0 Å². The summed E-state index contributed by atoms with van der Waals surface area (Å²) in [6.07, 6.45) is 85.5. The average molecular weight is 1060 g/mol. The van der Waals surface area contributed by atoms with Crippen LogP contribution in [0, 0.1) is 0 Å². The molecule has 1 atom stereocenters. The van der Waals surface area contributed by atoms with Crippen molar-refractivity contribution in [2.45, 2.75) is 316 Å². The van der Waals surface area contributed by atoms with Crippen molar-refractivity contribution >= 4 is 17.9 Å². The van der Waals surface area contributed by atoms with Crippen molar-refractivity contribution in [3.05, 3.63) is 97.2 Å². The highest BCUT2D eigenvalue weighted by molar-refractivity contribution is 5.71. The van der Waals surface area contributed by atoms with Gasteiger partial charge in [0.1, 0.15) is 13.2 Å². The summed E-state index contributed by atoms with van der Waals surface area (Å²) in [7, 11) is 0. The molecule has 0 fully saturated rings. The Labute approximate surface area is 470 Å². The Morgan fingerprint density at radius 3 is 0.842 bits per heavy atom. The lowest BCUT2D eigenvalue weighted by atomic mass is 10.1. The largest absolute Gasteiger partial charge is 0.462 e. The number of hydrogen-bond donors (Lipinski definition) is 0. The highest BCUT2D eigenvalue weighted by Crippen LogP contribution is 2.16. The molecular weight excluding hydrogens is 937 g/mol. The van der Waals surface area contributed by atoms with Gasteiger partial charge in [-0.1, -0.05) is 272 Å². The van der Waals surface area contributed by atoms with Crippen molar-refractivity contribution in [3.63, 3.8) is 0 Å². The van der Waals surface area contributed by atoms with E-state index >= 15 is 0 Å². The molecule has 0 rings (SSSR count). The zero-order chi connectivity index (χ0) is 55.0. The van der Waals surface area contributed by atoms with Crippen LogP contribution in [0.1, 0.15) is 310 Å². The minimum atomic E-state index is -0.790. The molecule has 0 radical (unpaired) electrons. The maximum atomic E-state index is 12.9. The molecule has 0 aromatic rings. The standard InChI is InChI=1S/C70H120O6/c1-4-7-10-13-16-19-22-25-28-30-32-34-35-37-38-40-42-45-48-51-54-57-60-63-69(72)75-66-67(65-74-68(71)62-59-56-53-50-47-44-27-24-21-18-15-12-9-6-3)76-70(73)64-61-58-55-52-49-46-43-41-39-36-33-31-29-26-23-20-17-14-11-8-5-2/h7,10,15-16,18-19,23-28,31-34,67H,4-6,8-9,11-14,17,20-22,29-30,35-66H2,1-3H3/b10-7-,18-15-,19-16-,26-23-,27-24-,28-25-,33-31-,34-32-. The van der Waals surface area contributed by atoms with Crippen molar-refractivity contribution in [3.8, 4) is 0 Å². The zero-order valence-electron chi connectivity index (χ0n) is 50.0. The summed E-state index contributed by atoms with van der Waals surface area (Å²) < 4.78 is 16.9. The van der Waals surface area contributed by atoms with Gasteiger partial charge in [-0.2, -0.15) is 0 Å². The number of rotatable bonds is 58. The fourth-order valence-electron chi connectivity index (χ4n) is 8.95. The number of allylic oxidation sites excluding steroid dienone is 16. The van der Waals surface area contributed by atoms with E-state index < -0.39 is 6.10 Å². The molecule has 6 nitrogen and oxygen atoms in total. The summed E-state index contributed by atoms with van der Waals surface area (Å²) >= 11 is 0. The van der Waals surface area contributed by atoms with Gasteiger partial charge in [0, 0.05) is 19.3 Å². The Balaban J connectivity index is 4.37. The van der Waals surface area contributed by atoms with E-state index in [1.807, 2.05) is 0 Å². The molecule has 0 aliphatic heterocycles. The molecule has 436 valence electrons. The molecule has 0 aromatic heterocycles.